The van der Waals surface area contributed by atoms with Crippen LogP contribution < -0.4 is 0 Å². The van der Waals surface area contributed by atoms with E-state index < -0.39 is 24.9 Å². The number of thioether (sulfide) groups is 1. The molecule has 1 saturated heterocycles. The summed E-state index contributed by atoms with van der Waals surface area (Å²) in [4.78, 5) is 59.7. The highest BCUT2D eigenvalue weighted by atomic mass is 32.2. The third-order valence-corrected chi connectivity index (χ3v) is 7.68. The summed E-state index contributed by atoms with van der Waals surface area (Å²) in [6.07, 6.45) is 6.24. The molecule has 192 valence electrons. The zero-order valence-electron chi connectivity index (χ0n) is 20.1. The average molecular weight is 519 g/mol. The van der Waals surface area contributed by atoms with E-state index in [1.807, 2.05) is 20.8 Å². The van der Waals surface area contributed by atoms with Crippen LogP contribution in [0.15, 0.2) is 12.2 Å². The van der Waals surface area contributed by atoms with E-state index in [1.54, 1.807) is 0 Å². The number of unbranched alkanes of at least 4 members (excludes halogenated alkanes) is 3. The van der Waals surface area contributed by atoms with Crippen molar-refractivity contribution in [1.29, 1.82) is 0 Å². The maximum Gasteiger partial charge on any atom is 0.472 e. The van der Waals surface area contributed by atoms with Gasteiger partial charge in [-0.1, -0.05) is 33.6 Å². The average Bonchev–Trinajstić information content (AvgIpc) is 3.19. The summed E-state index contributed by atoms with van der Waals surface area (Å²) in [5, 5.41) is -0.440. The number of nitrogens with zero attached hydrogens (tertiary/aromatic N) is 2. The molecule has 2 unspecified atom stereocenters. The Morgan fingerprint density at radius 3 is 2.21 bits per heavy atom. The monoisotopic (exact) mass is 518 g/mol. The molecule has 0 aromatic rings. The van der Waals surface area contributed by atoms with Gasteiger partial charge in [0.2, 0.25) is 11.8 Å². The van der Waals surface area contributed by atoms with Crippen LogP contribution in [0, 0.1) is 5.41 Å². The Morgan fingerprint density at radius 2 is 1.56 bits per heavy atom. The maximum absolute atomic E-state index is 12.5. The molecule has 34 heavy (non-hydrogen) atoms. The lowest BCUT2D eigenvalue weighted by Crippen LogP contribution is -2.41. The van der Waals surface area contributed by atoms with Crippen molar-refractivity contribution in [3.8, 4) is 0 Å². The van der Waals surface area contributed by atoms with E-state index in [1.165, 1.54) is 23.9 Å². The minimum absolute atomic E-state index is 0.00397. The molecule has 2 aliphatic rings. The fraction of sp³-hybridized carbons (Fsp3) is 0.727. The van der Waals surface area contributed by atoms with Gasteiger partial charge in [-0.15, -0.1) is 11.8 Å². The van der Waals surface area contributed by atoms with E-state index in [0.29, 0.717) is 18.6 Å². The quantitative estimate of drug-likeness (QED) is 0.197. The molecular weight excluding hydrogens is 483 g/mol. The van der Waals surface area contributed by atoms with E-state index in [-0.39, 0.29) is 50.0 Å². The molecule has 1 fully saturated rings. The van der Waals surface area contributed by atoms with Gasteiger partial charge < -0.3 is 4.89 Å². The minimum atomic E-state index is -4.02. The van der Waals surface area contributed by atoms with Gasteiger partial charge >= 0.3 is 7.82 Å². The summed E-state index contributed by atoms with van der Waals surface area (Å²) in [5.41, 5.74) is 0.0128. The Labute approximate surface area is 205 Å². The largest absolute Gasteiger partial charge is 0.472 e. The van der Waals surface area contributed by atoms with Gasteiger partial charge in [-0.2, -0.15) is 0 Å². The van der Waals surface area contributed by atoms with E-state index in [2.05, 4.69) is 0 Å². The Bertz CT molecular complexity index is 823. The Morgan fingerprint density at radius 1 is 0.971 bits per heavy atom. The van der Waals surface area contributed by atoms with Gasteiger partial charge in [0.05, 0.1) is 18.5 Å². The number of likely N-dealkylation sites (tertiary alicyclic amines) is 1. The Balaban J connectivity index is 1.54. The van der Waals surface area contributed by atoms with Crippen LogP contribution in [0.5, 0.6) is 0 Å². The first-order valence-corrected chi connectivity index (χ1v) is 14.1. The van der Waals surface area contributed by atoms with Gasteiger partial charge in [-0.05, 0) is 30.4 Å². The van der Waals surface area contributed by atoms with Crippen LogP contribution in [0.2, 0.25) is 0 Å². The van der Waals surface area contributed by atoms with Crippen molar-refractivity contribution < 1.29 is 37.7 Å². The zero-order chi connectivity index (χ0) is 25.4. The lowest BCUT2D eigenvalue weighted by Gasteiger charge is -2.19. The molecule has 2 atom stereocenters. The van der Waals surface area contributed by atoms with Crippen molar-refractivity contribution in [3.63, 3.8) is 0 Å². The molecular formula is C22H35N2O8PS. The molecule has 10 nitrogen and oxygen atoms in total. The molecule has 2 rings (SSSR count). The molecule has 2 heterocycles. The Hall–Kier alpha value is -1.52. The molecule has 0 aromatic carbocycles. The van der Waals surface area contributed by atoms with Crippen molar-refractivity contribution in [2.45, 2.75) is 64.5 Å². The van der Waals surface area contributed by atoms with E-state index in [4.69, 9.17) is 9.05 Å². The maximum atomic E-state index is 12.5. The number of rotatable bonds is 15. The van der Waals surface area contributed by atoms with Gasteiger partial charge in [0.25, 0.3) is 11.8 Å². The van der Waals surface area contributed by atoms with Gasteiger partial charge in [-0.3, -0.25) is 38.0 Å². The number of hydrogen-bond donors (Lipinski definition) is 1. The summed E-state index contributed by atoms with van der Waals surface area (Å²) >= 11 is 1.43. The summed E-state index contributed by atoms with van der Waals surface area (Å²) < 4.78 is 21.8. The summed E-state index contributed by atoms with van der Waals surface area (Å²) in [6.45, 7) is 6.39. The normalized spacial score (nSPS) is 20.6. The van der Waals surface area contributed by atoms with Crippen molar-refractivity contribution in [3.05, 3.63) is 12.2 Å². The SMILES string of the molecule is CC(C)(C)CCOP(=O)(O)OCCCCCCSC1CC(=O)N(CCN2C(=O)C=CC2=O)C1=O. The number of amides is 4. The predicted octanol–water partition coefficient (Wildman–Crippen LogP) is 2.90. The first-order chi connectivity index (χ1) is 15.9. The fourth-order valence-electron chi connectivity index (χ4n) is 3.34. The molecule has 0 aromatic heterocycles. The van der Waals surface area contributed by atoms with E-state index >= 15 is 0 Å². The molecule has 0 bridgehead atoms. The van der Waals surface area contributed by atoms with Gasteiger partial charge in [0.1, 0.15) is 0 Å². The van der Waals surface area contributed by atoms with Crippen LogP contribution in [0.3, 0.4) is 0 Å². The van der Waals surface area contributed by atoms with Crippen LogP contribution in [-0.2, 0) is 32.8 Å². The molecule has 0 aliphatic carbocycles. The Kier molecular flexibility index (Phi) is 11.0. The van der Waals surface area contributed by atoms with Crippen molar-refractivity contribution >= 4 is 43.2 Å². The van der Waals surface area contributed by atoms with Crippen LogP contribution in [0.25, 0.3) is 0 Å². The van der Waals surface area contributed by atoms with Crippen LogP contribution >= 0.6 is 19.6 Å². The first kappa shape index (κ1) is 28.7. The second kappa shape index (κ2) is 13.0. The molecule has 1 N–H and O–H groups in total. The topological polar surface area (TPSA) is 131 Å². The predicted molar refractivity (Wildman–Crippen MR) is 128 cm³/mol. The number of imide groups is 2. The minimum Gasteiger partial charge on any atom is -0.302 e. The highest BCUT2D eigenvalue weighted by Gasteiger charge is 2.39. The van der Waals surface area contributed by atoms with E-state index in [0.717, 1.165) is 29.1 Å². The van der Waals surface area contributed by atoms with E-state index in [9.17, 15) is 28.6 Å². The third-order valence-electron chi connectivity index (χ3n) is 5.37. The van der Waals surface area contributed by atoms with Gasteiger partial charge in [0, 0.05) is 31.7 Å². The van der Waals surface area contributed by atoms with Crippen molar-refractivity contribution in [2.24, 2.45) is 5.41 Å². The summed E-state index contributed by atoms with van der Waals surface area (Å²) in [7, 11) is -4.02. The number of carbonyl (C=O) groups excluding carboxylic acids is 4. The van der Waals surface area contributed by atoms with Gasteiger partial charge in [-0.25, -0.2) is 4.57 Å². The lowest BCUT2D eigenvalue weighted by molar-refractivity contribution is -0.142. The highest BCUT2D eigenvalue weighted by molar-refractivity contribution is 8.00. The van der Waals surface area contributed by atoms with Crippen molar-refractivity contribution in [2.75, 3.05) is 32.1 Å². The van der Waals surface area contributed by atoms with Crippen LogP contribution in [0.1, 0.15) is 59.3 Å². The van der Waals surface area contributed by atoms with Crippen LogP contribution in [-0.4, -0.2) is 75.6 Å². The number of hydrogen-bond acceptors (Lipinski definition) is 8. The van der Waals surface area contributed by atoms with Crippen molar-refractivity contribution in [1.82, 2.24) is 9.80 Å². The second-order valence-electron chi connectivity index (χ2n) is 9.47. The smallest absolute Gasteiger partial charge is 0.302 e. The van der Waals surface area contributed by atoms with Gasteiger partial charge in [0.15, 0.2) is 0 Å². The number of phosphoric acid groups is 1. The third kappa shape index (κ3) is 9.62. The zero-order valence-corrected chi connectivity index (χ0v) is 21.8. The summed E-state index contributed by atoms with van der Waals surface area (Å²) in [5.74, 6) is -0.726. The molecule has 2 aliphatic heterocycles. The molecule has 12 heteroatoms. The number of carbonyl (C=O) groups is 4. The fourth-order valence-corrected chi connectivity index (χ4v) is 5.28. The highest BCUT2D eigenvalue weighted by Crippen LogP contribution is 2.44. The molecule has 4 amide bonds. The standard InChI is InChI=1S/C22H35N2O8PS/c1-22(2,3)10-14-32-33(29,30)31-13-6-4-5-7-15-34-17-16-20(27)24(21(17)28)12-11-23-18(25)8-9-19(23)26/h8-9,17H,4-7,10-16H2,1-3H3,(H,29,30). The second-order valence-corrected chi connectivity index (χ2v) is 12.2. The molecule has 0 spiro atoms. The lowest BCUT2D eigenvalue weighted by atomic mass is 9.93. The first-order valence-electron chi connectivity index (χ1n) is 11.5. The molecule has 0 radical (unpaired) electrons. The molecule has 0 saturated carbocycles. The van der Waals surface area contributed by atoms with Crippen LogP contribution in [0.4, 0.5) is 0 Å². The number of phosphoric ester groups is 1. The summed E-state index contributed by atoms with van der Waals surface area (Å²) in [6, 6.07) is 0.